The normalized spacial score (nSPS) is 10.4. The summed E-state index contributed by atoms with van der Waals surface area (Å²) in [6, 6.07) is 11.0. The second kappa shape index (κ2) is 6.37. The van der Waals surface area contributed by atoms with E-state index in [0.717, 1.165) is 15.9 Å². The van der Waals surface area contributed by atoms with E-state index in [1.807, 2.05) is 25.1 Å². The van der Waals surface area contributed by atoms with Gasteiger partial charge in [-0.15, -0.1) is 0 Å². The number of hydrogen-bond donors (Lipinski definition) is 0. The molecule has 0 fully saturated rings. The maximum absolute atomic E-state index is 12.3. The molecular formula is C15H14BrClN2O. The predicted molar refractivity (Wildman–Crippen MR) is 83.9 cm³/mol. The van der Waals surface area contributed by atoms with Gasteiger partial charge in [0.15, 0.2) is 0 Å². The number of amides is 1. The number of rotatable bonds is 3. The molecule has 20 heavy (non-hydrogen) atoms. The molecule has 2 rings (SSSR count). The molecule has 1 amide bonds. The van der Waals surface area contributed by atoms with Gasteiger partial charge in [0.05, 0.1) is 17.3 Å². The fourth-order valence-electron chi connectivity index (χ4n) is 1.85. The molecule has 0 N–H and O–H groups in total. The third kappa shape index (κ3) is 3.58. The molecule has 1 aromatic heterocycles. The van der Waals surface area contributed by atoms with Crippen LogP contribution in [0.5, 0.6) is 0 Å². The Morgan fingerprint density at radius 2 is 2.10 bits per heavy atom. The van der Waals surface area contributed by atoms with Crippen LogP contribution in [0.4, 0.5) is 0 Å². The summed E-state index contributed by atoms with van der Waals surface area (Å²) in [6.07, 6.45) is 0. The highest BCUT2D eigenvalue weighted by atomic mass is 79.9. The van der Waals surface area contributed by atoms with Crippen molar-refractivity contribution in [2.75, 3.05) is 7.05 Å². The lowest BCUT2D eigenvalue weighted by molar-refractivity contribution is 0.0783. The first-order chi connectivity index (χ1) is 9.47. The van der Waals surface area contributed by atoms with Gasteiger partial charge in [-0.25, -0.2) is 0 Å². The molecule has 104 valence electrons. The van der Waals surface area contributed by atoms with E-state index in [1.54, 1.807) is 30.1 Å². The van der Waals surface area contributed by atoms with Gasteiger partial charge in [0, 0.05) is 22.8 Å². The minimum Gasteiger partial charge on any atom is -0.336 e. The average molecular weight is 354 g/mol. The summed E-state index contributed by atoms with van der Waals surface area (Å²) in [5.41, 5.74) is 2.37. The molecule has 5 heteroatoms. The highest BCUT2D eigenvalue weighted by molar-refractivity contribution is 9.10. The summed E-state index contributed by atoms with van der Waals surface area (Å²) < 4.78 is 0.777. The average Bonchev–Trinajstić information content (AvgIpc) is 2.41. The molecule has 0 saturated heterocycles. The second-order valence-electron chi connectivity index (χ2n) is 4.56. The van der Waals surface area contributed by atoms with E-state index in [9.17, 15) is 4.79 Å². The summed E-state index contributed by atoms with van der Waals surface area (Å²) in [6.45, 7) is 2.40. The van der Waals surface area contributed by atoms with Crippen molar-refractivity contribution in [3.05, 3.63) is 62.8 Å². The molecular weight excluding hydrogens is 340 g/mol. The molecule has 0 radical (unpaired) electrons. The van der Waals surface area contributed by atoms with Gasteiger partial charge >= 0.3 is 0 Å². The number of pyridine rings is 1. The minimum absolute atomic E-state index is 0.0808. The minimum atomic E-state index is -0.0808. The summed E-state index contributed by atoms with van der Waals surface area (Å²) >= 11 is 9.32. The first-order valence-electron chi connectivity index (χ1n) is 6.10. The van der Waals surface area contributed by atoms with E-state index in [2.05, 4.69) is 20.9 Å². The van der Waals surface area contributed by atoms with Crippen LogP contribution in [0.3, 0.4) is 0 Å². The van der Waals surface area contributed by atoms with Gasteiger partial charge in [0.25, 0.3) is 5.91 Å². The number of benzene rings is 1. The van der Waals surface area contributed by atoms with Gasteiger partial charge in [0.2, 0.25) is 0 Å². The van der Waals surface area contributed by atoms with Crippen LogP contribution in [0.15, 0.2) is 40.9 Å². The van der Waals surface area contributed by atoms with Gasteiger partial charge in [-0.2, -0.15) is 0 Å². The van der Waals surface area contributed by atoms with Crippen LogP contribution in [0, 0.1) is 6.92 Å². The number of hydrogen-bond acceptors (Lipinski definition) is 2. The molecule has 2 aromatic rings. The molecule has 0 saturated carbocycles. The Hall–Kier alpha value is -1.39. The molecule has 0 aliphatic heterocycles. The van der Waals surface area contributed by atoms with Gasteiger partial charge in [0.1, 0.15) is 0 Å². The fraction of sp³-hybridized carbons (Fsp3) is 0.200. The van der Waals surface area contributed by atoms with Crippen LogP contribution in [0.25, 0.3) is 0 Å². The van der Waals surface area contributed by atoms with Crippen molar-refractivity contribution in [1.82, 2.24) is 9.88 Å². The van der Waals surface area contributed by atoms with Crippen LogP contribution in [0.2, 0.25) is 5.02 Å². The summed E-state index contributed by atoms with van der Waals surface area (Å²) in [5.74, 6) is -0.0808. The molecule has 0 bridgehead atoms. The Balaban J connectivity index is 2.14. The number of carbonyl (C=O) groups excluding carboxylic acids is 1. The zero-order valence-electron chi connectivity index (χ0n) is 11.2. The van der Waals surface area contributed by atoms with Crippen molar-refractivity contribution < 1.29 is 4.79 Å². The van der Waals surface area contributed by atoms with E-state index >= 15 is 0 Å². The Kier molecular flexibility index (Phi) is 4.78. The first-order valence-corrected chi connectivity index (χ1v) is 7.27. The van der Waals surface area contributed by atoms with E-state index < -0.39 is 0 Å². The Labute approximate surface area is 131 Å². The number of aryl methyl sites for hydroxylation is 1. The lowest BCUT2D eigenvalue weighted by Gasteiger charge is -2.17. The Bertz CT molecular complexity index is 646. The zero-order chi connectivity index (χ0) is 14.7. The zero-order valence-corrected chi connectivity index (χ0v) is 13.6. The van der Waals surface area contributed by atoms with Crippen molar-refractivity contribution in [3.63, 3.8) is 0 Å². The number of halogens is 2. The smallest absolute Gasteiger partial charge is 0.254 e. The van der Waals surface area contributed by atoms with E-state index in [4.69, 9.17) is 11.6 Å². The van der Waals surface area contributed by atoms with E-state index in [-0.39, 0.29) is 5.91 Å². The maximum Gasteiger partial charge on any atom is 0.254 e. The molecule has 0 aliphatic rings. The molecule has 0 atom stereocenters. The second-order valence-corrected chi connectivity index (χ2v) is 5.82. The first kappa shape index (κ1) is 15.0. The van der Waals surface area contributed by atoms with Gasteiger partial charge in [-0.3, -0.25) is 9.78 Å². The van der Waals surface area contributed by atoms with Crippen LogP contribution >= 0.6 is 27.5 Å². The summed E-state index contributed by atoms with van der Waals surface area (Å²) in [7, 11) is 1.75. The number of carbonyl (C=O) groups is 1. The van der Waals surface area contributed by atoms with Crippen LogP contribution in [-0.2, 0) is 6.54 Å². The quantitative estimate of drug-likeness (QED) is 0.833. The topological polar surface area (TPSA) is 33.2 Å². The highest BCUT2D eigenvalue weighted by Crippen LogP contribution is 2.23. The summed E-state index contributed by atoms with van der Waals surface area (Å²) in [5, 5.41) is 0.526. The van der Waals surface area contributed by atoms with Crippen LogP contribution < -0.4 is 0 Å². The van der Waals surface area contributed by atoms with Crippen molar-refractivity contribution in [3.8, 4) is 0 Å². The van der Waals surface area contributed by atoms with Crippen LogP contribution in [-0.4, -0.2) is 22.8 Å². The van der Waals surface area contributed by atoms with Gasteiger partial charge in [-0.1, -0.05) is 17.7 Å². The Morgan fingerprint density at radius 3 is 2.75 bits per heavy atom. The molecule has 0 aliphatic carbocycles. The SMILES string of the molecule is Cc1cccc(CN(C)C(=O)c2ccc(Br)c(Cl)c2)n1. The lowest BCUT2D eigenvalue weighted by Crippen LogP contribution is -2.26. The predicted octanol–water partition coefficient (Wildman–Crippen LogP) is 4.08. The molecule has 0 unspecified atom stereocenters. The van der Waals surface area contributed by atoms with Crippen molar-refractivity contribution in [2.24, 2.45) is 0 Å². The standard InChI is InChI=1S/C15H14BrClN2O/c1-10-4-3-5-12(18-10)9-19(2)15(20)11-6-7-13(16)14(17)8-11/h3-8H,9H2,1-2H3. The number of nitrogens with zero attached hydrogens (tertiary/aromatic N) is 2. The highest BCUT2D eigenvalue weighted by Gasteiger charge is 2.13. The fourth-order valence-corrected chi connectivity index (χ4v) is 2.28. The molecule has 1 heterocycles. The van der Waals surface area contributed by atoms with E-state index in [0.29, 0.717) is 17.1 Å². The number of aromatic nitrogens is 1. The lowest BCUT2D eigenvalue weighted by atomic mass is 10.2. The summed E-state index contributed by atoms with van der Waals surface area (Å²) in [4.78, 5) is 18.3. The third-order valence-electron chi connectivity index (χ3n) is 2.86. The van der Waals surface area contributed by atoms with Gasteiger partial charge in [-0.05, 0) is 53.2 Å². The van der Waals surface area contributed by atoms with Gasteiger partial charge < -0.3 is 4.90 Å². The van der Waals surface area contributed by atoms with Crippen molar-refractivity contribution in [1.29, 1.82) is 0 Å². The Morgan fingerprint density at radius 1 is 1.35 bits per heavy atom. The third-order valence-corrected chi connectivity index (χ3v) is 4.09. The molecule has 1 aromatic carbocycles. The molecule has 0 spiro atoms. The maximum atomic E-state index is 12.3. The molecule has 3 nitrogen and oxygen atoms in total. The van der Waals surface area contributed by atoms with Crippen molar-refractivity contribution in [2.45, 2.75) is 13.5 Å². The van der Waals surface area contributed by atoms with Crippen LogP contribution in [0.1, 0.15) is 21.7 Å². The van der Waals surface area contributed by atoms with E-state index in [1.165, 1.54) is 0 Å². The van der Waals surface area contributed by atoms with Crippen molar-refractivity contribution >= 4 is 33.4 Å². The monoisotopic (exact) mass is 352 g/mol. The largest absolute Gasteiger partial charge is 0.336 e.